The lowest BCUT2D eigenvalue weighted by Crippen LogP contribution is -2.48. The molecule has 2 aliphatic rings. The quantitative estimate of drug-likeness (QED) is 0.633. The molecule has 2 aliphatic heterocycles. The first-order chi connectivity index (χ1) is 5.79. The van der Waals surface area contributed by atoms with Crippen LogP contribution in [0.5, 0.6) is 0 Å². The summed E-state index contributed by atoms with van der Waals surface area (Å²) in [5.74, 6) is 0. The lowest BCUT2D eigenvalue weighted by molar-refractivity contribution is 0.164. The molecule has 2 fully saturated rings. The summed E-state index contributed by atoms with van der Waals surface area (Å²) in [6.07, 6.45) is 4.14. The van der Waals surface area contributed by atoms with E-state index < -0.39 is 0 Å². The van der Waals surface area contributed by atoms with Gasteiger partial charge in [-0.05, 0) is 39.7 Å². The number of likely N-dealkylation sites (tertiary alicyclic amines) is 1. The van der Waals surface area contributed by atoms with Crippen molar-refractivity contribution in [2.75, 3.05) is 13.1 Å². The van der Waals surface area contributed by atoms with Gasteiger partial charge in [-0.15, -0.1) is 0 Å². The van der Waals surface area contributed by atoms with E-state index >= 15 is 0 Å². The smallest absolute Gasteiger partial charge is 0.0253 e. The van der Waals surface area contributed by atoms with Crippen molar-refractivity contribution >= 4 is 0 Å². The minimum Gasteiger partial charge on any atom is -0.312 e. The van der Waals surface area contributed by atoms with Gasteiger partial charge in [0, 0.05) is 24.7 Å². The molecule has 0 aromatic rings. The standard InChI is InChI=1S/C10H20N2/c1-8(2)12-7-5-9-10(12)4-3-6-11-9/h8-11H,3-7H2,1-2H3. The molecule has 0 spiro atoms. The molecule has 0 bridgehead atoms. The number of piperidine rings is 1. The van der Waals surface area contributed by atoms with E-state index in [9.17, 15) is 0 Å². The van der Waals surface area contributed by atoms with Crippen LogP contribution in [0.3, 0.4) is 0 Å². The first kappa shape index (κ1) is 8.52. The molecule has 70 valence electrons. The maximum Gasteiger partial charge on any atom is 0.0253 e. The van der Waals surface area contributed by atoms with Gasteiger partial charge in [-0.2, -0.15) is 0 Å². The van der Waals surface area contributed by atoms with Crippen LogP contribution in [0.4, 0.5) is 0 Å². The summed E-state index contributed by atoms with van der Waals surface area (Å²) in [5.41, 5.74) is 0. The van der Waals surface area contributed by atoms with E-state index in [1.807, 2.05) is 0 Å². The van der Waals surface area contributed by atoms with Gasteiger partial charge in [0.2, 0.25) is 0 Å². The fourth-order valence-corrected chi connectivity index (χ4v) is 2.72. The second kappa shape index (κ2) is 3.35. The topological polar surface area (TPSA) is 15.3 Å². The molecule has 1 N–H and O–H groups in total. The second-order valence-corrected chi connectivity index (χ2v) is 4.39. The second-order valence-electron chi connectivity index (χ2n) is 4.39. The van der Waals surface area contributed by atoms with Crippen molar-refractivity contribution < 1.29 is 0 Å². The van der Waals surface area contributed by atoms with E-state index in [-0.39, 0.29) is 0 Å². The minimum absolute atomic E-state index is 0.736. The van der Waals surface area contributed by atoms with E-state index in [1.165, 1.54) is 32.4 Å². The van der Waals surface area contributed by atoms with Crippen LogP contribution in [0.25, 0.3) is 0 Å². The Labute approximate surface area is 75.3 Å². The lowest BCUT2D eigenvalue weighted by Gasteiger charge is -2.34. The van der Waals surface area contributed by atoms with E-state index in [1.54, 1.807) is 0 Å². The summed E-state index contributed by atoms with van der Waals surface area (Å²) < 4.78 is 0. The van der Waals surface area contributed by atoms with E-state index in [4.69, 9.17) is 0 Å². The molecule has 0 aromatic carbocycles. The molecule has 12 heavy (non-hydrogen) atoms. The molecule has 0 aromatic heterocycles. The highest BCUT2D eigenvalue weighted by Crippen LogP contribution is 2.26. The Morgan fingerprint density at radius 3 is 2.92 bits per heavy atom. The van der Waals surface area contributed by atoms with Crippen molar-refractivity contribution in [3.63, 3.8) is 0 Å². The zero-order valence-electron chi connectivity index (χ0n) is 8.21. The van der Waals surface area contributed by atoms with Crippen LogP contribution in [0, 0.1) is 0 Å². The monoisotopic (exact) mass is 168 g/mol. The molecule has 2 heterocycles. The third-order valence-corrected chi connectivity index (χ3v) is 3.34. The number of rotatable bonds is 1. The van der Waals surface area contributed by atoms with Gasteiger partial charge < -0.3 is 5.32 Å². The molecular weight excluding hydrogens is 148 g/mol. The molecule has 2 unspecified atom stereocenters. The third-order valence-electron chi connectivity index (χ3n) is 3.34. The number of nitrogens with zero attached hydrogens (tertiary/aromatic N) is 1. The summed E-state index contributed by atoms with van der Waals surface area (Å²) in [6.45, 7) is 7.18. The first-order valence-corrected chi connectivity index (χ1v) is 5.28. The highest BCUT2D eigenvalue weighted by Gasteiger charge is 2.36. The SMILES string of the molecule is CC(C)N1CCC2NCCCC21. The Morgan fingerprint density at radius 2 is 2.17 bits per heavy atom. The fourth-order valence-electron chi connectivity index (χ4n) is 2.72. The molecule has 2 nitrogen and oxygen atoms in total. The molecule has 2 saturated heterocycles. The van der Waals surface area contributed by atoms with Gasteiger partial charge in [0.05, 0.1) is 0 Å². The van der Waals surface area contributed by atoms with Crippen molar-refractivity contribution in [2.24, 2.45) is 0 Å². The third kappa shape index (κ3) is 1.38. The van der Waals surface area contributed by atoms with Crippen molar-refractivity contribution in [1.82, 2.24) is 10.2 Å². The summed E-state index contributed by atoms with van der Waals surface area (Å²) in [5, 5.41) is 3.62. The molecule has 0 amide bonds. The number of hydrogen-bond acceptors (Lipinski definition) is 2. The Bertz CT molecular complexity index is 156. The summed E-state index contributed by atoms with van der Waals surface area (Å²) >= 11 is 0. The van der Waals surface area contributed by atoms with Gasteiger partial charge in [-0.1, -0.05) is 0 Å². The van der Waals surface area contributed by atoms with E-state index in [0.717, 1.165) is 18.1 Å². The zero-order valence-corrected chi connectivity index (χ0v) is 8.21. The molecule has 0 aliphatic carbocycles. The van der Waals surface area contributed by atoms with Crippen LogP contribution in [0.2, 0.25) is 0 Å². The Kier molecular flexibility index (Phi) is 2.37. The van der Waals surface area contributed by atoms with Crippen LogP contribution in [0.15, 0.2) is 0 Å². The number of fused-ring (bicyclic) bond motifs is 1. The largest absolute Gasteiger partial charge is 0.312 e. The molecular formula is C10H20N2. The van der Waals surface area contributed by atoms with Crippen LogP contribution in [0.1, 0.15) is 33.1 Å². The van der Waals surface area contributed by atoms with Gasteiger partial charge in [0.25, 0.3) is 0 Å². The van der Waals surface area contributed by atoms with Crippen molar-refractivity contribution in [3.8, 4) is 0 Å². The maximum absolute atomic E-state index is 3.62. The van der Waals surface area contributed by atoms with Crippen LogP contribution in [-0.2, 0) is 0 Å². The van der Waals surface area contributed by atoms with Crippen LogP contribution >= 0.6 is 0 Å². The summed E-state index contributed by atoms with van der Waals surface area (Å²) in [7, 11) is 0. The predicted molar refractivity (Wildman–Crippen MR) is 51.3 cm³/mol. The molecule has 2 atom stereocenters. The van der Waals surface area contributed by atoms with E-state index in [2.05, 4.69) is 24.1 Å². The van der Waals surface area contributed by atoms with Crippen LogP contribution < -0.4 is 5.32 Å². The maximum atomic E-state index is 3.62. The average Bonchev–Trinajstić information content (AvgIpc) is 2.47. The van der Waals surface area contributed by atoms with Crippen LogP contribution in [-0.4, -0.2) is 36.1 Å². The minimum atomic E-state index is 0.736. The lowest BCUT2D eigenvalue weighted by atomic mass is 9.99. The summed E-state index contributed by atoms with van der Waals surface area (Å²) in [4.78, 5) is 2.66. The average molecular weight is 168 g/mol. The number of hydrogen-bond donors (Lipinski definition) is 1. The Hall–Kier alpha value is -0.0800. The van der Waals surface area contributed by atoms with Crippen molar-refractivity contribution in [1.29, 1.82) is 0 Å². The molecule has 2 heteroatoms. The van der Waals surface area contributed by atoms with Gasteiger partial charge in [-0.3, -0.25) is 4.90 Å². The molecule has 0 radical (unpaired) electrons. The molecule has 2 rings (SSSR count). The number of nitrogens with one attached hydrogen (secondary N) is 1. The van der Waals surface area contributed by atoms with E-state index in [0.29, 0.717) is 0 Å². The van der Waals surface area contributed by atoms with Gasteiger partial charge in [0.15, 0.2) is 0 Å². The zero-order chi connectivity index (χ0) is 8.55. The summed E-state index contributed by atoms with van der Waals surface area (Å²) in [6, 6.07) is 2.39. The fraction of sp³-hybridized carbons (Fsp3) is 1.00. The van der Waals surface area contributed by atoms with Gasteiger partial charge in [-0.25, -0.2) is 0 Å². The Morgan fingerprint density at radius 1 is 1.33 bits per heavy atom. The van der Waals surface area contributed by atoms with Crippen molar-refractivity contribution in [2.45, 2.75) is 51.2 Å². The Balaban J connectivity index is 2.01. The van der Waals surface area contributed by atoms with Gasteiger partial charge in [0.1, 0.15) is 0 Å². The normalized spacial score (nSPS) is 37.2. The van der Waals surface area contributed by atoms with Crippen molar-refractivity contribution in [3.05, 3.63) is 0 Å². The highest BCUT2D eigenvalue weighted by atomic mass is 15.2. The first-order valence-electron chi connectivity index (χ1n) is 5.28. The predicted octanol–water partition coefficient (Wildman–Crippen LogP) is 1.22. The molecule has 0 saturated carbocycles. The highest BCUT2D eigenvalue weighted by molar-refractivity contribution is 4.95. The van der Waals surface area contributed by atoms with Gasteiger partial charge >= 0.3 is 0 Å².